The van der Waals surface area contributed by atoms with Crippen LogP contribution in [0.4, 0.5) is 5.82 Å². The molecule has 1 unspecified atom stereocenters. The van der Waals surface area contributed by atoms with Gasteiger partial charge in [-0.05, 0) is 73.1 Å². The number of Topliss-reactive ketones (excluding diaryl/α,β-unsaturated/α-hetero) is 1. The van der Waals surface area contributed by atoms with Gasteiger partial charge >= 0.3 is 0 Å². The molecule has 1 atom stereocenters. The van der Waals surface area contributed by atoms with Crippen LogP contribution in [-0.4, -0.2) is 21.7 Å². The van der Waals surface area contributed by atoms with E-state index in [0.717, 1.165) is 41.3 Å². The number of unbranched alkanes of at least 4 members (excludes halogenated alkanes) is 1. The van der Waals surface area contributed by atoms with Crippen LogP contribution in [0.25, 0.3) is 10.9 Å². The van der Waals surface area contributed by atoms with E-state index in [1.807, 2.05) is 42.5 Å². The Hall–Kier alpha value is -3.86. The number of fused-ring (bicyclic) bond motifs is 4. The van der Waals surface area contributed by atoms with Gasteiger partial charge in [-0.1, -0.05) is 42.5 Å². The van der Waals surface area contributed by atoms with Crippen molar-refractivity contribution in [2.75, 3.05) is 5.32 Å². The molecule has 0 saturated heterocycles. The smallest absolute Gasteiger partial charge is 0.237 e. The Morgan fingerprint density at radius 3 is 2.62 bits per heavy atom. The zero-order chi connectivity index (χ0) is 23.1. The molecule has 0 saturated carbocycles. The minimum absolute atomic E-state index is 0.0146. The van der Waals surface area contributed by atoms with Crippen molar-refractivity contribution >= 4 is 28.4 Å². The molecule has 1 aliphatic heterocycles. The van der Waals surface area contributed by atoms with E-state index in [1.165, 1.54) is 11.1 Å². The van der Waals surface area contributed by atoms with Crippen molar-refractivity contribution in [1.29, 1.82) is 0 Å². The standard InChI is InChI=1S/C29H25N3O2/c33-26(11-5-4-9-19-7-2-1-3-8-19)24-13-12-20-15-21-17-29(18-22(21)16-25(20)31-24)23-10-6-14-30-27(23)32-28(29)34/h1-3,6-8,10,12-16H,4-5,9,11,17-18H2,(H,30,32,34). The number of hydrogen-bond acceptors (Lipinski definition) is 4. The van der Waals surface area contributed by atoms with Crippen LogP contribution in [0.5, 0.6) is 0 Å². The molecule has 1 aliphatic carbocycles. The van der Waals surface area contributed by atoms with Crippen LogP contribution >= 0.6 is 0 Å². The van der Waals surface area contributed by atoms with Gasteiger partial charge in [0.25, 0.3) is 0 Å². The van der Waals surface area contributed by atoms with E-state index >= 15 is 0 Å². The SMILES string of the molecule is O=C(CCCCc1ccccc1)c1ccc2cc3c(cc2n1)CC1(C3)C(=O)Nc2ncccc21. The number of anilines is 1. The number of pyridine rings is 2. The Labute approximate surface area is 198 Å². The van der Waals surface area contributed by atoms with Crippen molar-refractivity contribution in [3.63, 3.8) is 0 Å². The van der Waals surface area contributed by atoms with Gasteiger partial charge < -0.3 is 5.32 Å². The number of nitrogens with zero attached hydrogens (tertiary/aromatic N) is 2. The normalized spacial score (nSPS) is 18.2. The average Bonchev–Trinajstić information content (AvgIpc) is 3.37. The maximum Gasteiger partial charge on any atom is 0.237 e. The topological polar surface area (TPSA) is 72.0 Å². The zero-order valence-electron chi connectivity index (χ0n) is 18.9. The molecule has 34 heavy (non-hydrogen) atoms. The molecule has 5 heteroatoms. The number of nitrogens with one attached hydrogen (secondary N) is 1. The third-order valence-electron chi connectivity index (χ3n) is 7.23. The van der Waals surface area contributed by atoms with E-state index in [0.29, 0.717) is 30.8 Å². The Bertz CT molecular complexity index is 1430. The summed E-state index contributed by atoms with van der Waals surface area (Å²) < 4.78 is 0. The lowest BCUT2D eigenvalue weighted by molar-refractivity contribution is -0.120. The lowest BCUT2D eigenvalue weighted by Crippen LogP contribution is -2.35. The monoisotopic (exact) mass is 447 g/mol. The van der Waals surface area contributed by atoms with E-state index in [-0.39, 0.29) is 11.7 Å². The Morgan fingerprint density at radius 1 is 0.941 bits per heavy atom. The number of rotatable bonds is 6. The van der Waals surface area contributed by atoms with Crippen LogP contribution in [0, 0.1) is 0 Å². The quantitative estimate of drug-likeness (QED) is 0.325. The van der Waals surface area contributed by atoms with Crippen molar-refractivity contribution < 1.29 is 9.59 Å². The number of carbonyl (C=O) groups is 2. The molecule has 2 aliphatic rings. The van der Waals surface area contributed by atoms with Crippen molar-refractivity contribution in [2.24, 2.45) is 0 Å². The fraction of sp³-hybridized carbons (Fsp3) is 0.241. The van der Waals surface area contributed by atoms with Gasteiger partial charge in [-0.15, -0.1) is 0 Å². The summed E-state index contributed by atoms with van der Waals surface area (Å²) in [4.78, 5) is 34.8. The van der Waals surface area contributed by atoms with Crippen LogP contribution < -0.4 is 5.32 Å². The van der Waals surface area contributed by atoms with Gasteiger partial charge in [0.15, 0.2) is 5.78 Å². The summed E-state index contributed by atoms with van der Waals surface area (Å²) in [5.74, 6) is 0.769. The van der Waals surface area contributed by atoms with Gasteiger partial charge in [-0.25, -0.2) is 9.97 Å². The molecule has 1 amide bonds. The summed E-state index contributed by atoms with van der Waals surface area (Å²) in [5.41, 5.74) is 5.31. The molecule has 5 nitrogen and oxygen atoms in total. The van der Waals surface area contributed by atoms with Crippen molar-refractivity contribution in [3.05, 3.63) is 101 Å². The predicted octanol–water partition coefficient (Wildman–Crippen LogP) is 5.21. The second-order valence-electron chi connectivity index (χ2n) is 9.42. The van der Waals surface area contributed by atoms with Gasteiger partial charge in [0.1, 0.15) is 11.5 Å². The highest BCUT2D eigenvalue weighted by molar-refractivity contribution is 6.06. The highest BCUT2D eigenvalue weighted by atomic mass is 16.2. The molecule has 1 N–H and O–H groups in total. The third-order valence-corrected chi connectivity index (χ3v) is 7.23. The fourth-order valence-electron chi connectivity index (χ4n) is 5.44. The molecule has 0 radical (unpaired) electrons. The first-order valence-electron chi connectivity index (χ1n) is 11.9. The molecule has 3 heterocycles. The summed E-state index contributed by atoms with van der Waals surface area (Å²) >= 11 is 0. The van der Waals surface area contributed by atoms with Crippen LogP contribution in [-0.2, 0) is 29.5 Å². The summed E-state index contributed by atoms with van der Waals surface area (Å²) in [6.45, 7) is 0. The number of aryl methyl sites for hydroxylation is 1. The van der Waals surface area contributed by atoms with Gasteiger partial charge in [0.2, 0.25) is 5.91 Å². The number of carbonyl (C=O) groups excluding carboxylic acids is 2. The van der Waals surface area contributed by atoms with Crippen molar-refractivity contribution in [1.82, 2.24) is 9.97 Å². The molecule has 2 aromatic carbocycles. The first-order valence-corrected chi connectivity index (χ1v) is 11.9. The second-order valence-corrected chi connectivity index (χ2v) is 9.42. The number of ketones is 1. The first kappa shape index (κ1) is 20.7. The number of amides is 1. The van der Waals surface area contributed by atoms with Crippen molar-refractivity contribution in [2.45, 2.75) is 43.9 Å². The fourth-order valence-corrected chi connectivity index (χ4v) is 5.44. The lowest BCUT2D eigenvalue weighted by Gasteiger charge is -2.20. The minimum atomic E-state index is -0.597. The largest absolute Gasteiger partial charge is 0.310 e. The van der Waals surface area contributed by atoms with Crippen LogP contribution in [0.1, 0.15) is 52.0 Å². The Balaban J connectivity index is 1.19. The van der Waals surface area contributed by atoms with Crippen molar-refractivity contribution in [3.8, 4) is 0 Å². The number of hydrogen-bond donors (Lipinski definition) is 1. The molecule has 4 aromatic rings. The highest BCUT2D eigenvalue weighted by Gasteiger charge is 2.51. The third kappa shape index (κ3) is 3.48. The highest BCUT2D eigenvalue weighted by Crippen LogP contribution is 2.47. The summed E-state index contributed by atoms with van der Waals surface area (Å²) in [6, 6.07) is 22.3. The van der Waals surface area contributed by atoms with E-state index in [1.54, 1.807) is 6.20 Å². The van der Waals surface area contributed by atoms with Crippen LogP contribution in [0.15, 0.2) is 72.9 Å². The van der Waals surface area contributed by atoms with Crippen LogP contribution in [0.3, 0.4) is 0 Å². The minimum Gasteiger partial charge on any atom is -0.310 e. The number of benzene rings is 2. The summed E-state index contributed by atoms with van der Waals surface area (Å²) in [7, 11) is 0. The molecule has 1 spiro atoms. The van der Waals surface area contributed by atoms with Gasteiger partial charge in [-0.2, -0.15) is 0 Å². The molecular weight excluding hydrogens is 422 g/mol. The van der Waals surface area contributed by atoms with E-state index in [9.17, 15) is 9.59 Å². The van der Waals surface area contributed by atoms with Gasteiger partial charge in [0, 0.05) is 23.6 Å². The number of aromatic nitrogens is 2. The molecule has 0 fully saturated rings. The van der Waals surface area contributed by atoms with Gasteiger partial charge in [-0.3, -0.25) is 9.59 Å². The maximum absolute atomic E-state index is 13.0. The molecule has 2 aromatic heterocycles. The maximum atomic E-state index is 13.0. The van der Waals surface area contributed by atoms with Crippen LogP contribution in [0.2, 0.25) is 0 Å². The Morgan fingerprint density at radius 2 is 1.76 bits per heavy atom. The zero-order valence-corrected chi connectivity index (χ0v) is 18.9. The molecule has 0 bridgehead atoms. The summed E-state index contributed by atoms with van der Waals surface area (Å²) in [6.07, 6.45) is 6.31. The second kappa shape index (κ2) is 8.17. The van der Waals surface area contributed by atoms with E-state index in [2.05, 4.69) is 34.6 Å². The Kier molecular flexibility index (Phi) is 4.98. The van der Waals surface area contributed by atoms with E-state index in [4.69, 9.17) is 4.98 Å². The van der Waals surface area contributed by atoms with E-state index < -0.39 is 5.41 Å². The van der Waals surface area contributed by atoms with Gasteiger partial charge in [0.05, 0.1) is 10.9 Å². The molecule has 6 rings (SSSR count). The molecule has 168 valence electrons. The average molecular weight is 448 g/mol. The molecular formula is C29H25N3O2. The first-order chi connectivity index (χ1) is 16.6. The predicted molar refractivity (Wildman–Crippen MR) is 132 cm³/mol. The lowest BCUT2D eigenvalue weighted by atomic mass is 9.79. The summed E-state index contributed by atoms with van der Waals surface area (Å²) in [5, 5.41) is 3.96.